The van der Waals surface area contributed by atoms with Crippen LogP contribution in [-0.4, -0.2) is 85.1 Å². The second kappa shape index (κ2) is 11.7. The number of fused-ring (bicyclic) bond motifs is 1. The van der Waals surface area contributed by atoms with Gasteiger partial charge < -0.3 is 29.9 Å². The van der Waals surface area contributed by atoms with Gasteiger partial charge in [-0.2, -0.15) is 0 Å². The average Bonchev–Trinajstić information content (AvgIpc) is 3.59. The van der Waals surface area contributed by atoms with Gasteiger partial charge in [-0.3, -0.25) is 14.4 Å². The van der Waals surface area contributed by atoms with E-state index in [2.05, 4.69) is 22.5 Å². The van der Waals surface area contributed by atoms with Gasteiger partial charge in [-0.05, 0) is 57.1 Å². The Morgan fingerprint density at radius 3 is 2.56 bits per heavy atom. The molecule has 3 fully saturated rings. The number of carbonyl (C=O) groups excluding carboxylic acids is 3. The minimum atomic E-state index is -1.13. The van der Waals surface area contributed by atoms with Crippen molar-refractivity contribution in [3.8, 4) is 5.75 Å². The molecule has 1 spiro atoms. The van der Waals surface area contributed by atoms with Gasteiger partial charge in [0.15, 0.2) is 0 Å². The zero-order valence-corrected chi connectivity index (χ0v) is 23.4. The number of rotatable bonds is 11. The molecule has 39 heavy (non-hydrogen) atoms. The molecule has 2 N–H and O–H groups in total. The van der Waals surface area contributed by atoms with Gasteiger partial charge in [0.25, 0.3) is 0 Å². The smallest absolute Gasteiger partial charge is 0.246 e. The number of amides is 3. The largest absolute Gasteiger partial charge is 0.497 e. The van der Waals surface area contributed by atoms with Crippen LogP contribution in [0, 0.1) is 11.8 Å². The SMILES string of the molecule is CCCCN(C)CCN1C(=O)[C@@H]2C(C(=O)Nc3ccc(OC)cc3)[C@@H]3C=CC2(O3)C1C(=O)NC1CCCCC1. The summed E-state index contributed by atoms with van der Waals surface area (Å²) < 4.78 is 11.7. The lowest BCUT2D eigenvalue weighted by molar-refractivity contribution is -0.141. The van der Waals surface area contributed by atoms with Gasteiger partial charge in [-0.15, -0.1) is 0 Å². The number of carbonyl (C=O) groups is 3. The molecule has 2 saturated heterocycles. The van der Waals surface area contributed by atoms with Gasteiger partial charge in [0, 0.05) is 24.8 Å². The monoisotopic (exact) mass is 538 g/mol. The van der Waals surface area contributed by atoms with Crippen molar-refractivity contribution < 1.29 is 23.9 Å². The lowest BCUT2D eigenvalue weighted by Crippen LogP contribution is -2.57. The molecule has 3 amide bonds. The number of hydrogen-bond acceptors (Lipinski definition) is 6. The van der Waals surface area contributed by atoms with E-state index in [1.165, 1.54) is 6.42 Å². The lowest BCUT2D eigenvalue weighted by atomic mass is 9.74. The molecule has 0 radical (unpaired) electrons. The van der Waals surface area contributed by atoms with E-state index in [-0.39, 0.29) is 23.8 Å². The predicted molar refractivity (Wildman–Crippen MR) is 148 cm³/mol. The van der Waals surface area contributed by atoms with Crippen molar-refractivity contribution in [2.45, 2.75) is 75.7 Å². The molecule has 1 saturated carbocycles. The average molecular weight is 539 g/mol. The van der Waals surface area contributed by atoms with Gasteiger partial charge in [0.2, 0.25) is 17.7 Å². The molecule has 5 rings (SSSR count). The van der Waals surface area contributed by atoms with E-state index in [1.54, 1.807) is 36.3 Å². The highest BCUT2D eigenvalue weighted by atomic mass is 16.5. The van der Waals surface area contributed by atoms with E-state index < -0.39 is 29.6 Å². The predicted octanol–water partition coefficient (Wildman–Crippen LogP) is 2.97. The van der Waals surface area contributed by atoms with Crippen LogP contribution >= 0.6 is 0 Å². The fourth-order valence-corrected chi connectivity index (χ4v) is 6.75. The highest BCUT2D eigenvalue weighted by Crippen LogP contribution is 2.55. The van der Waals surface area contributed by atoms with Crippen LogP contribution in [0.4, 0.5) is 5.69 Å². The summed E-state index contributed by atoms with van der Waals surface area (Å²) in [5, 5.41) is 6.21. The van der Waals surface area contributed by atoms with Crippen LogP contribution in [-0.2, 0) is 19.1 Å². The first-order valence-electron chi connectivity index (χ1n) is 14.5. The van der Waals surface area contributed by atoms with Crippen LogP contribution in [0.2, 0.25) is 0 Å². The Kier molecular flexibility index (Phi) is 8.28. The Morgan fingerprint density at radius 2 is 1.87 bits per heavy atom. The van der Waals surface area contributed by atoms with E-state index in [0.717, 1.165) is 45.1 Å². The van der Waals surface area contributed by atoms with Crippen LogP contribution in [0.1, 0.15) is 51.9 Å². The van der Waals surface area contributed by atoms with Gasteiger partial charge in [0.05, 0.1) is 25.0 Å². The minimum absolute atomic E-state index is 0.114. The summed E-state index contributed by atoms with van der Waals surface area (Å²) in [5.74, 6) is -1.38. The summed E-state index contributed by atoms with van der Waals surface area (Å²) >= 11 is 0. The Morgan fingerprint density at radius 1 is 1.13 bits per heavy atom. The maximum absolute atomic E-state index is 14.1. The van der Waals surface area contributed by atoms with Gasteiger partial charge in [0.1, 0.15) is 17.4 Å². The number of anilines is 1. The third-order valence-corrected chi connectivity index (χ3v) is 8.85. The molecule has 3 unspecified atom stereocenters. The van der Waals surface area contributed by atoms with Crippen LogP contribution < -0.4 is 15.4 Å². The van der Waals surface area contributed by atoms with E-state index in [4.69, 9.17) is 9.47 Å². The van der Waals surface area contributed by atoms with Crippen LogP contribution in [0.5, 0.6) is 5.75 Å². The number of nitrogens with one attached hydrogen (secondary N) is 2. The summed E-state index contributed by atoms with van der Waals surface area (Å²) in [7, 11) is 3.63. The molecule has 5 atom stereocenters. The number of ether oxygens (including phenoxy) is 2. The minimum Gasteiger partial charge on any atom is -0.497 e. The van der Waals surface area contributed by atoms with Crippen molar-refractivity contribution in [1.29, 1.82) is 0 Å². The molecule has 3 heterocycles. The fourth-order valence-electron chi connectivity index (χ4n) is 6.75. The van der Waals surface area contributed by atoms with Gasteiger partial charge in [-0.1, -0.05) is 44.8 Å². The molecule has 0 aromatic heterocycles. The second-order valence-corrected chi connectivity index (χ2v) is 11.5. The number of nitrogens with zero attached hydrogens (tertiary/aromatic N) is 2. The summed E-state index contributed by atoms with van der Waals surface area (Å²) in [6.07, 6.45) is 10.7. The third kappa shape index (κ3) is 5.31. The van der Waals surface area contributed by atoms with Crippen molar-refractivity contribution in [3.05, 3.63) is 36.4 Å². The second-order valence-electron chi connectivity index (χ2n) is 11.5. The molecular weight excluding hydrogens is 496 g/mol. The Labute approximate surface area is 231 Å². The molecule has 1 aliphatic carbocycles. The lowest BCUT2D eigenvalue weighted by Gasteiger charge is -2.34. The standard InChI is InChI=1S/C30H42N4O5/c1-4-5-17-33(2)18-19-34-26(28(36)32-20-9-7-6-8-10-20)30-16-15-23(39-30)24(25(30)29(34)37)27(35)31-21-11-13-22(38-3)14-12-21/h11-16,20,23-26H,4-10,17-19H2,1-3H3,(H,31,35)(H,32,36)/t23-,24?,25-,26?,30?/m0/s1. The summed E-state index contributed by atoms with van der Waals surface area (Å²) in [6, 6.07) is 6.41. The molecule has 4 aliphatic rings. The number of hydrogen-bond donors (Lipinski definition) is 2. The van der Waals surface area contributed by atoms with Crippen LogP contribution in [0.25, 0.3) is 0 Å². The Balaban J connectivity index is 1.39. The van der Waals surface area contributed by atoms with E-state index in [9.17, 15) is 14.4 Å². The van der Waals surface area contributed by atoms with E-state index >= 15 is 0 Å². The molecular formula is C30H42N4O5. The first-order valence-corrected chi connectivity index (χ1v) is 14.5. The van der Waals surface area contributed by atoms with Crippen LogP contribution in [0.15, 0.2) is 36.4 Å². The van der Waals surface area contributed by atoms with Crippen molar-refractivity contribution in [1.82, 2.24) is 15.1 Å². The maximum Gasteiger partial charge on any atom is 0.246 e. The Bertz CT molecular complexity index is 1090. The first kappa shape index (κ1) is 27.6. The Hall–Kier alpha value is -2.91. The van der Waals surface area contributed by atoms with Gasteiger partial charge >= 0.3 is 0 Å². The molecule has 9 nitrogen and oxygen atoms in total. The van der Waals surface area contributed by atoms with E-state index in [1.807, 2.05) is 19.2 Å². The molecule has 1 aromatic carbocycles. The highest BCUT2D eigenvalue weighted by Gasteiger charge is 2.72. The highest BCUT2D eigenvalue weighted by molar-refractivity contribution is 6.02. The van der Waals surface area contributed by atoms with Crippen LogP contribution in [0.3, 0.4) is 0 Å². The molecule has 1 aromatic rings. The third-order valence-electron chi connectivity index (χ3n) is 8.85. The maximum atomic E-state index is 14.1. The molecule has 3 aliphatic heterocycles. The topological polar surface area (TPSA) is 100 Å². The molecule has 9 heteroatoms. The van der Waals surface area contributed by atoms with Crippen molar-refractivity contribution in [2.75, 3.05) is 39.1 Å². The van der Waals surface area contributed by atoms with Crippen molar-refractivity contribution >= 4 is 23.4 Å². The zero-order valence-electron chi connectivity index (χ0n) is 23.4. The number of unbranched alkanes of at least 4 members (excludes halogenated alkanes) is 1. The molecule has 2 bridgehead atoms. The number of likely N-dealkylation sites (N-methyl/N-ethyl adjacent to an activating group) is 1. The summed E-state index contributed by atoms with van der Waals surface area (Å²) in [6.45, 7) is 4.14. The van der Waals surface area contributed by atoms with E-state index in [0.29, 0.717) is 24.5 Å². The van der Waals surface area contributed by atoms with Crippen molar-refractivity contribution in [3.63, 3.8) is 0 Å². The number of likely N-dealkylation sites (tertiary alicyclic amines) is 1. The first-order chi connectivity index (χ1) is 18.9. The fraction of sp³-hybridized carbons (Fsp3) is 0.633. The number of benzene rings is 1. The quantitative estimate of drug-likeness (QED) is 0.420. The summed E-state index contributed by atoms with van der Waals surface area (Å²) in [5.41, 5.74) is -0.516. The summed E-state index contributed by atoms with van der Waals surface area (Å²) in [4.78, 5) is 45.4. The normalized spacial score (nSPS) is 29.6. The van der Waals surface area contributed by atoms with Gasteiger partial charge in [-0.25, -0.2) is 0 Å². The molecule has 212 valence electrons. The zero-order chi connectivity index (χ0) is 27.6. The number of methoxy groups -OCH3 is 1. The van der Waals surface area contributed by atoms with Crippen molar-refractivity contribution in [2.24, 2.45) is 11.8 Å².